The molecule has 1 saturated heterocycles. The number of carbonyl (C=O) groups is 3. The lowest BCUT2D eigenvalue weighted by atomic mass is 10.1. The Morgan fingerprint density at radius 2 is 1.93 bits per heavy atom. The second kappa shape index (κ2) is 7.87. The second-order valence-corrected chi connectivity index (χ2v) is 7.18. The molecule has 1 aliphatic heterocycles. The van der Waals surface area contributed by atoms with Crippen LogP contribution in [-0.2, 0) is 16.1 Å². The minimum absolute atomic E-state index is 0.155. The van der Waals surface area contributed by atoms with Gasteiger partial charge in [-0.25, -0.2) is 9.69 Å². The van der Waals surface area contributed by atoms with E-state index in [-0.39, 0.29) is 12.2 Å². The van der Waals surface area contributed by atoms with E-state index in [1.165, 1.54) is 0 Å². The summed E-state index contributed by atoms with van der Waals surface area (Å²) in [5, 5.41) is 6.29. The molecule has 152 valence electrons. The Morgan fingerprint density at radius 3 is 2.70 bits per heavy atom. The minimum atomic E-state index is -0.607. The van der Waals surface area contributed by atoms with E-state index >= 15 is 0 Å². The summed E-state index contributed by atoms with van der Waals surface area (Å²) in [6.07, 6.45) is 3.61. The molecule has 1 aromatic heterocycles. The molecule has 7 nitrogen and oxygen atoms in total. The van der Waals surface area contributed by atoms with Gasteiger partial charge < -0.3 is 15.2 Å². The van der Waals surface area contributed by atoms with Gasteiger partial charge in [0.15, 0.2) is 0 Å². The van der Waals surface area contributed by atoms with Crippen LogP contribution in [-0.4, -0.2) is 33.9 Å². The third-order valence-electron chi connectivity index (χ3n) is 5.03. The van der Waals surface area contributed by atoms with Crippen molar-refractivity contribution in [2.45, 2.75) is 20.4 Å². The summed E-state index contributed by atoms with van der Waals surface area (Å²) in [6.45, 7) is 4.39. The topological polar surface area (TPSA) is 83.4 Å². The fourth-order valence-corrected chi connectivity index (χ4v) is 3.59. The van der Waals surface area contributed by atoms with E-state index in [1.54, 1.807) is 12.1 Å². The van der Waals surface area contributed by atoms with Gasteiger partial charge in [0.05, 0.1) is 0 Å². The number of hydrogen-bond donors (Lipinski definition) is 2. The van der Waals surface area contributed by atoms with E-state index in [9.17, 15) is 14.4 Å². The summed E-state index contributed by atoms with van der Waals surface area (Å²) in [4.78, 5) is 38.3. The van der Waals surface area contributed by atoms with Crippen LogP contribution in [0.25, 0.3) is 17.0 Å². The third-order valence-corrected chi connectivity index (χ3v) is 5.03. The van der Waals surface area contributed by atoms with Crippen molar-refractivity contribution >= 4 is 40.5 Å². The fourth-order valence-electron chi connectivity index (χ4n) is 3.59. The molecular formula is C23H22N4O3. The summed E-state index contributed by atoms with van der Waals surface area (Å²) in [7, 11) is 0. The summed E-state index contributed by atoms with van der Waals surface area (Å²) in [6, 6.07) is 14.6. The number of imide groups is 1. The fraction of sp³-hybridized carbons (Fsp3) is 0.174. The number of nitrogens with zero attached hydrogens (tertiary/aromatic N) is 2. The number of amides is 4. The van der Waals surface area contributed by atoms with Gasteiger partial charge >= 0.3 is 6.03 Å². The van der Waals surface area contributed by atoms with Gasteiger partial charge in [0, 0.05) is 34.9 Å². The maximum absolute atomic E-state index is 12.8. The normalized spacial score (nSPS) is 15.1. The zero-order chi connectivity index (χ0) is 21.3. The average molecular weight is 402 g/mol. The monoisotopic (exact) mass is 402 g/mol. The number of fused-ring (bicyclic) bond motifs is 1. The minimum Gasteiger partial charge on any atom is -0.347 e. The smallest absolute Gasteiger partial charge is 0.329 e. The van der Waals surface area contributed by atoms with Crippen molar-refractivity contribution in [1.29, 1.82) is 0 Å². The first-order chi connectivity index (χ1) is 14.5. The van der Waals surface area contributed by atoms with Crippen molar-refractivity contribution in [1.82, 2.24) is 14.8 Å². The predicted octanol–water partition coefficient (Wildman–Crippen LogP) is 3.50. The Bertz CT molecular complexity index is 1190. The van der Waals surface area contributed by atoms with Crippen LogP contribution in [0.3, 0.4) is 0 Å². The number of aryl methyl sites for hydroxylation is 2. The van der Waals surface area contributed by atoms with Gasteiger partial charge in [0.2, 0.25) is 5.91 Å². The number of benzene rings is 2. The first kappa shape index (κ1) is 19.4. The molecule has 0 saturated carbocycles. The Morgan fingerprint density at radius 1 is 1.13 bits per heavy atom. The van der Waals surface area contributed by atoms with Crippen LogP contribution in [0, 0.1) is 6.92 Å². The lowest BCUT2D eigenvalue weighted by Gasteiger charge is -2.12. The zero-order valence-corrected chi connectivity index (χ0v) is 16.8. The molecule has 2 heterocycles. The highest BCUT2D eigenvalue weighted by molar-refractivity contribution is 6.16. The molecule has 4 amide bonds. The number of aromatic nitrogens is 1. The number of rotatable bonds is 5. The molecule has 4 rings (SSSR count). The second-order valence-electron chi connectivity index (χ2n) is 7.18. The largest absolute Gasteiger partial charge is 0.347 e. The van der Waals surface area contributed by atoms with Gasteiger partial charge in [-0.15, -0.1) is 0 Å². The number of para-hydroxylation sites is 1. The number of urea groups is 1. The lowest BCUT2D eigenvalue weighted by Crippen LogP contribution is -2.38. The molecule has 0 spiro atoms. The van der Waals surface area contributed by atoms with Gasteiger partial charge in [-0.3, -0.25) is 9.59 Å². The molecule has 30 heavy (non-hydrogen) atoms. The van der Waals surface area contributed by atoms with Crippen molar-refractivity contribution in [3.63, 3.8) is 0 Å². The van der Waals surface area contributed by atoms with Crippen molar-refractivity contribution in [3.05, 3.63) is 71.6 Å². The van der Waals surface area contributed by atoms with Crippen LogP contribution >= 0.6 is 0 Å². The molecule has 1 fully saturated rings. The Labute approximate surface area is 174 Å². The van der Waals surface area contributed by atoms with E-state index in [4.69, 9.17) is 0 Å². The number of carbonyl (C=O) groups excluding carboxylic acids is 3. The molecule has 3 aromatic rings. The molecule has 7 heteroatoms. The van der Waals surface area contributed by atoms with E-state index < -0.39 is 17.8 Å². The van der Waals surface area contributed by atoms with Crippen LogP contribution in [0.2, 0.25) is 0 Å². The molecule has 0 unspecified atom stereocenters. The molecule has 1 aliphatic rings. The summed E-state index contributed by atoms with van der Waals surface area (Å²) in [5.74, 6) is -0.958. The van der Waals surface area contributed by atoms with E-state index in [0.29, 0.717) is 5.69 Å². The Kier molecular flexibility index (Phi) is 5.10. The Balaban J connectivity index is 1.54. The van der Waals surface area contributed by atoms with Gasteiger partial charge in [-0.2, -0.15) is 0 Å². The van der Waals surface area contributed by atoms with Crippen LogP contribution in [0.5, 0.6) is 0 Å². The maximum atomic E-state index is 12.8. The SMILES string of the molecule is CCn1cc(C=C2NC(=O)N(CC(=O)Nc3cccc(C)c3)C2=O)c2ccccc21. The predicted molar refractivity (Wildman–Crippen MR) is 116 cm³/mol. The molecule has 0 radical (unpaired) electrons. The molecule has 0 atom stereocenters. The van der Waals surface area contributed by atoms with E-state index in [2.05, 4.69) is 15.2 Å². The first-order valence-corrected chi connectivity index (χ1v) is 9.75. The van der Waals surface area contributed by atoms with E-state index in [0.717, 1.165) is 33.5 Å². The zero-order valence-electron chi connectivity index (χ0n) is 16.8. The van der Waals surface area contributed by atoms with Crippen LogP contribution in [0.15, 0.2) is 60.4 Å². The van der Waals surface area contributed by atoms with Crippen molar-refractivity contribution in [3.8, 4) is 0 Å². The molecule has 0 bridgehead atoms. The summed E-state index contributed by atoms with van der Waals surface area (Å²) < 4.78 is 2.08. The number of nitrogens with one attached hydrogen (secondary N) is 2. The quantitative estimate of drug-likeness (QED) is 0.506. The summed E-state index contributed by atoms with van der Waals surface area (Å²) >= 11 is 0. The lowest BCUT2D eigenvalue weighted by molar-refractivity contribution is -0.127. The summed E-state index contributed by atoms with van der Waals surface area (Å²) in [5.41, 5.74) is 3.66. The van der Waals surface area contributed by atoms with Gasteiger partial charge in [-0.05, 0) is 43.7 Å². The standard InChI is InChI=1S/C23H22N4O3/c1-3-26-13-16(18-9-4-5-10-20(18)26)12-19-22(29)27(23(30)25-19)14-21(28)24-17-8-6-7-15(2)11-17/h4-13H,3,14H2,1-2H3,(H,24,28)(H,25,30). The average Bonchev–Trinajstić information content (AvgIpc) is 3.20. The van der Waals surface area contributed by atoms with E-state index in [1.807, 2.05) is 62.5 Å². The van der Waals surface area contributed by atoms with Crippen molar-refractivity contribution < 1.29 is 14.4 Å². The third kappa shape index (κ3) is 3.69. The number of hydrogen-bond acceptors (Lipinski definition) is 3. The van der Waals surface area contributed by atoms with Crippen LogP contribution < -0.4 is 10.6 Å². The highest BCUT2D eigenvalue weighted by Gasteiger charge is 2.35. The highest BCUT2D eigenvalue weighted by atomic mass is 16.2. The van der Waals surface area contributed by atoms with Crippen LogP contribution in [0.1, 0.15) is 18.1 Å². The molecule has 2 N–H and O–H groups in total. The van der Waals surface area contributed by atoms with Crippen molar-refractivity contribution in [2.75, 3.05) is 11.9 Å². The molecular weight excluding hydrogens is 380 g/mol. The van der Waals surface area contributed by atoms with Crippen molar-refractivity contribution in [2.24, 2.45) is 0 Å². The molecule has 2 aromatic carbocycles. The maximum Gasteiger partial charge on any atom is 0.329 e. The van der Waals surface area contributed by atoms with Gasteiger partial charge in [0.25, 0.3) is 5.91 Å². The highest BCUT2D eigenvalue weighted by Crippen LogP contribution is 2.24. The Hall–Kier alpha value is -3.87. The molecule has 0 aliphatic carbocycles. The van der Waals surface area contributed by atoms with Gasteiger partial charge in [-0.1, -0.05) is 30.3 Å². The number of anilines is 1. The first-order valence-electron chi connectivity index (χ1n) is 9.75. The van der Waals surface area contributed by atoms with Crippen LogP contribution in [0.4, 0.5) is 10.5 Å². The van der Waals surface area contributed by atoms with Gasteiger partial charge in [0.1, 0.15) is 12.2 Å².